The normalized spacial score (nSPS) is 19.8. The van der Waals surface area contributed by atoms with E-state index in [0.717, 1.165) is 19.4 Å². The van der Waals surface area contributed by atoms with Gasteiger partial charge in [-0.25, -0.2) is 4.79 Å². The molecule has 21 heavy (non-hydrogen) atoms. The van der Waals surface area contributed by atoms with E-state index < -0.39 is 0 Å². The van der Waals surface area contributed by atoms with Crippen molar-refractivity contribution in [1.82, 2.24) is 15.5 Å². The first kappa shape index (κ1) is 17.8. The Morgan fingerprint density at radius 3 is 2.33 bits per heavy atom. The van der Waals surface area contributed by atoms with Crippen molar-refractivity contribution >= 4 is 11.9 Å². The standard InChI is InChI=1S/C16H31N3O2/c1-11(2)16(5,6)14(20)19-9-7-8-13(10-19)18-15(21)17-12(3)4/h11-13H,7-10H2,1-6H3,(H2,17,18,21). The third-order valence-electron chi connectivity index (χ3n) is 4.46. The van der Waals surface area contributed by atoms with Crippen molar-refractivity contribution in [2.75, 3.05) is 13.1 Å². The van der Waals surface area contributed by atoms with Crippen LogP contribution in [0.3, 0.4) is 0 Å². The average Bonchev–Trinajstić information content (AvgIpc) is 2.36. The molecule has 1 fully saturated rings. The molecule has 2 N–H and O–H groups in total. The largest absolute Gasteiger partial charge is 0.340 e. The molecular formula is C16H31N3O2. The minimum absolute atomic E-state index is 0.0458. The first-order valence-corrected chi connectivity index (χ1v) is 8.01. The van der Waals surface area contributed by atoms with Crippen LogP contribution in [0, 0.1) is 11.3 Å². The predicted molar refractivity (Wildman–Crippen MR) is 85.0 cm³/mol. The van der Waals surface area contributed by atoms with Gasteiger partial charge in [-0.2, -0.15) is 0 Å². The Balaban J connectivity index is 2.60. The third-order valence-corrected chi connectivity index (χ3v) is 4.46. The molecule has 5 nitrogen and oxygen atoms in total. The van der Waals surface area contributed by atoms with Gasteiger partial charge in [-0.05, 0) is 32.6 Å². The number of rotatable bonds is 4. The van der Waals surface area contributed by atoms with Crippen LogP contribution in [0.4, 0.5) is 4.79 Å². The van der Waals surface area contributed by atoms with E-state index in [1.165, 1.54) is 0 Å². The summed E-state index contributed by atoms with van der Waals surface area (Å²) in [7, 11) is 0. The zero-order valence-electron chi connectivity index (χ0n) is 14.3. The maximum atomic E-state index is 12.7. The minimum atomic E-state index is -0.359. The van der Waals surface area contributed by atoms with Crippen molar-refractivity contribution in [3.8, 4) is 0 Å². The van der Waals surface area contributed by atoms with E-state index >= 15 is 0 Å². The van der Waals surface area contributed by atoms with Crippen LogP contribution in [0.15, 0.2) is 0 Å². The fourth-order valence-corrected chi connectivity index (χ4v) is 2.42. The number of hydrogen-bond acceptors (Lipinski definition) is 2. The maximum absolute atomic E-state index is 12.7. The summed E-state index contributed by atoms with van der Waals surface area (Å²) in [4.78, 5) is 26.4. The number of nitrogens with zero attached hydrogens (tertiary/aromatic N) is 1. The molecule has 5 heteroatoms. The summed E-state index contributed by atoms with van der Waals surface area (Å²) in [5.74, 6) is 0.482. The van der Waals surface area contributed by atoms with Gasteiger partial charge in [-0.15, -0.1) is 0 Å². The molecule has 0 aromatic carbocycles. The Bertz CT molecular complexity index is 378. The molecule has 1 saturated heterocycles. The summed E-state index contributed by atoms with van der Waals surface area (Å²) in [6.45, 7) is 13.4. The summed E-state index contributed by atoms with van der Waals surface area (Å²) in [5, 5.41) is 5.80. The zero-order valence-corrected chi connectivity index (χ0v) is 14.3. The van der Waals surface area contributed by atoms with Gasteiger partial charge in [-0.3, -0.25) is 4.79 Å². The van der Waals surface area contributed by atoms with E-state index in [4.69, 9.17) is 0 Å². The van der Waals surface area contributed by atoms with Crippen LogP contribution in [0.5, 0.6) is 0 Å². The highest BCUT2D eigenvalue weighted by molar-refractivity contribution is 5.82. The third kappa shape index (κ3) is 4.90. The minimum Gasteiger partial charge on any atom is -0.340 e. The molecule has 0 aromatic heterocycles. The quantitative estimate of drug-likeness (QED) is 0.837. The van der Waals surface area contributed by atoms with E-state index in [0.29, 0.717) is 12.5 Å². The lowest BCUT2D eigenvalue weighted by atomic mass is 9.79. The fourth-order valence-electron chi connectivity index (χ4n) is 2.42. The van der Waals surface area contributed by atoms with E-state index in [1.54, 1.807) is 0 Å². The average molecular weight is 297 g/mol. The van der Waals surface area contributed by atoms with Gasteiger partial charge >= 0.3 is 6.03 Å². The number of piperidine rings is 1. The van der Waals surface area contributed by atoms with Crippen LogP contribution in [-0.4, -0.2) is 42.0 Å². The number of likely N-dealkylation sites (tertiary alicyclic amines) is 1. The van der Waals surface area contributed by atoms with E-state index in [2.05, 4.69) is 24.5 Å². The molecule has 1 heterocycles. The first-order chi connectivity index (χ1) is 9.64. The Hall–Kier alpha value is -1.26. The highest BCUT2D eigenvalue weighted by Gasteiger charge is 2.36. The number of amides is 3. The Labute approximate surface area is 128 Å². The van der Waals surface area contributed by atoms with Gasteiger partial charge in [0.2, 0.25) is 5.91 Å². The smallest absolute Gasteiger partial charge is 0.315 e. The highest BCUT2D eigenvalue weighted by atomic mass is 16.2. The number of carbonyl (C=O) groups excluding carboxylic acids is 2. The van der Waals surface area contributed by atoms with Crippen LogP contribution in [-0.2, 0) is 4.79 Å². The van der Waals surface area contributed by atoms with E-state index in [-0.39, 0.29) is 29.4 Å². The number of hydrogen-bond donors (Lipinski definition) is 2. The molecule has 1 atom stereocenters. The number of urea groups is 1. The van der Waals surface area contributed by atoms with Crippen molar-refractivity contribution in [3.63, 3.8) is 0 Å². The molecule has 1 unspecified atom stereocenters. The maximum Gasteiger partial charge on any atom is 0.315 e. The van der Waals surface area contributed by atoms with Crippen molar-refractivity contribution < 1.29 is 9.59 Å². The van der Waals surface area contributed by atoms with Crippen molar-refractivity contribution in [2.45, 2.75) is 66.5 Å². The van der Waals surface area contributed by atoms with Crippen LogP contribution in [0.1, 0.15) is 54.4 Å². The zero-order chi connectivity index (χ0) is 16.2. The van der Waals surface area contributed by atoms with Crippen molar-refractivity contribution in [1.29, 1.82) is 0 Å². The SMILES string of the molecule is CC(C)NC(=O)NC1CCCN(C(=O)C(C)(C)C(C)C)C1. The van der Waals surface area contributed by atoms with Crippen molar-refractivity contribution in [2.24, 2.45) is 11.3 Å². The molecule has 122 valence electrons. The molecule has 1 aliphatic rings. The fraction of sp³-hybridized carbons (Fsp3) is 0.875. The summed E-state index contributed by atoms with van der Waals surface area (Å²) < 4.78 is 0. The molecule has 1 rings (SSSR count). The summed E-state index contributed by atoms with van der Waals surface area (Å²) in [6, 6.07) is 0.0167. The Kier molecular flexibility index (Phi) is 6.05. The number of carbonyl (C=O) groups is 2. The predicted octanol–water partition coefficient (Wildman–Crippen LogP) is 2.37. The van der Waals surface area contributed by atoms with E-state index in [1.807, 2.05) is 32.6 Å². The lowest BCUT2D eigenvalue weighted by Crippen LogP contribution is -2.55. The summed E-state index contributed by atoms with van der Waals surface area (Å²) in [5.41, 5.74) is -0.359. The summed E-state index contributed by atoms with van der Waals surface area (Å²) >= 11 is 0. The second-order valence-electron chi connectivity index (χ2n) is 7.24. The second-order valence-corrected chi connectivity index (χ2v) is 7.24. The molecule has 0 spiro atoms. The molecule has 0 radical (unpaired) electrons. The van der Waals surface area contributed by atoms with Gasteiger partial charge in [0.15, 0.2) is 0 Å². The second kappa shape index (κ2) is 7.14. The van der Waals surface area contributed by atoms with Gasteiger partial charge in [0.25, 0.3) is 0 Å². The lowest BCUT2D eigenvalue weighted by molar-refractivity contribution is -0.144. The van der Waals surface area contributed by atoms with Gasteiger partial charge in [0.05, 0.1) is 0 Å². The van der Waals surface area contributed by atoms with Crippen LogP contribution < -0.4 is 10.6 Å². The molecule has 1 aliphatic heterocycles. The van der Waals surface area contributed by atoms with Gasteiger partial charge in [-0.1, -0.05) is 27.7 Å². The highest BCUT2D eigenvalue weighted by Crippen LogP contribution is 2.29. The van der Waals surface area contributed by atoms with Crippen molar-refractivity contribution in [3.05, 3.63) is 0 Å². The molecule has 0 bridgehead atoms. The Morgan fingerprint density at radius 1 is 1.19 bits per heavy atom. The molecule has 3 amide bonds. The first-order valence-electron chi connectivity index (χ1n) is 8.01. The Morgan fingerprint density at radius 2 is 1.81 bits per heavy atom. The molecule has 0 aliphatic carbocycles. The lowest BCUT2D eigenvalue weighted by Gasteiger charge is -2.39. The van der Waals surface area contributed by atoms with Crippen LogP contribution >= 0.6 is 0 Å². The van der Waals surface area contributed by atoms with Crippen LogP contribution in [0.2, 0.25) is 0 Å². The topological polar surface area (TPSA) is 61.4 Å². The molecule has 0 aromatic rings. The van der Waals surface area contributed by atoms with E-state index in [9.17, 15) is 9.59 Å². The van der Waals surface area contributed by atoms with Gasteiger partial charge in [0.1, 0.15) is 0 Å². The monoisotopic (exact) mass is 297 g/mol. The van der Waals surface area contributed by atoms with Crippen LogP contribution in [0.25, 0.3) is 0 Å². The molecular weight excluding hydrogens is 266 g/mol. The number of nitrogens with one attached hydrogen (secondary N) is 2. The molecule has 0 saturated carbocycles. The van der Waals surface area contributed by atoms with Gasteiger partial charge < -0.3 is 15.5 Å². The van der Waals surface area contributed by atoms with Gasteiger partial charge in [0, 0.05) is 30.6 Å². The summed E-state index contributed by atoms with van der Waals surface area (Å²) in [6.07, 6.45) is 1.87.